The van der Waals surface area contributed by atoms with Crippen LogP contribution in [0.15, 0.2) is 11.6 Å². The van der Waals surface area contributed by atoms with Gasteiger partial charge in [0.2, 0.25) is 0 Å². The summed E-state index contributed by atoms with van der Waals surface area (Å²) in [6.07, 6.45) is 5.74. The van der Waals surface area contributed by atoms with Gasteiger partial charge >= 0.3 is 0 Å². The molecule has 0 spiro atoms. The molecule has 0 radical (unpaired) electrons. The van der Waals surface area contributed by atoms with E-state index < -0.39 is 17.3 Å². The average Bonchev–Trinajstić information content (AvgIpc) is 2.44. The molecule has 0 bridgehead atoms. The molecule has 0 aromatic heterocycles. The molecule has 2 aliphatic carbocycles. The average molecular weight is 325 g/mol. The molecule has 2 rings (SSSR count). The highest BCUT2D eigenvalue weighted by Crippen LogP contribution is 2.62. The van der Waals surface area contributed by atoms with Gasteiger partial charge in [0.15, 0.2) is 5.79 Å². The van der Waals surface area contributed by atoms with E-state index in [4.69, 9.17) is 0 Å². The van der Waals surface area contributed by atoms with Crippen LogP contribution < -0.4 is 0 Å². The largest absolute Gasteiger partial charge is 0.387 e. The third-order valence-corrected chi connectivity index (χ3v) is 7.01. The first-order chi connectivity index (χ1) is 10.5. The molecule has 0 aliphatic heterocycles. The Bertz CT molecular complexity index is 466. The normalized spacial score (nSPS) is 40.2. The summed E-state index contributed by atoms with van der Waals surface area (Å²) in [6, 6.07) is 0. The van der Waals surface area contributed by atoms with Gasteiger partial charge in [0.1, 0.15) is 6.10 Å². The maximum atomic E-state index is 10.9. The van der Waals surface area contributed by atoms with Crippen molar-refractivity contribution >= 4 is 0 Å². The van der Waals surface area contributed by atoms with Gasteiger partial charge in [-0.15, -0.1) is 0 Å². The Morgan fingerprint density at radius 2 is 1.87 bits per heavy atom. The van der Waals surface area contributed by atoms with E-state index in [0.29, 0.717) is 18.3 Å². The smallest absolute Gasteiger partial charge is 0.199 e. The molecular formula is C20H36O3. The second-order valence-electron chi connectivity index (χ2n) is 9.06. The Hall–Kier alpha value is -0.380. The number of fused-ring (bicyclic) bond motifs is 1. The third kappa shape index (κ3) is 2.89. The topological polar surface area (TPSA) is 60.7 Å². The van der Waals surface area contributed by atoms with Crippen LogP contribution in [0.3, 0.4) is 0 Å². The van der Waals surface area contributed by atoms with Gasteiger partial charge in [-0.25, -0.2) is 0 Å². The van der Waals surface area contributed by atoms with Gasteiger partial charge in [-0.1, -0.05) is 66.0 Å². The summed E-state index contributed by atoms with van der Waals surface area (Å²) in [4.78, 5) is 0. The standard InChI is InChI=1S/C20H36O3/c1-7-13(2)8-10-15-14(3)9-11-16-18(4,5)12-17(21)20(22,23)19(15,16)6/h11,13-15,17,21-23H,7-10,12H2,1-6H3/t13-,14+,15+,17?,19-/m1/s1. The Balaban J connectivity index is 2.45. The van der Waals surface area contributed by atoms with Crippen molar-refractivity contribution in [3.05, 3.63) is 11.6 Å². The highest BCUT2D eigenvalue weighted by molar-refractivity contribution is 5.33. The summed E-state index contributed by atoms with van der Waals surface area (Å²) in [6.45, 7) is 12.9. The molecule has 3 N–H and O–H groups in total. The lowest BCUT2D eigenvalue weighted by Gasteiger charge is -2.61. The van der Waals surface area contributed by atoms with Crippen molar-refractivity contribution < 1.29 is 15.3 Å². The SMILES string of the molecule is CC[C@@H](C)CC[C@H]1[C@@H](C)CC=C2C(C)(C)CC(O)C(O)(O)[C@@]21C. The number of allylic oxidation sites excluding steroid dienone is 1. The lowest BCUT2D eigenvalue weighted by molar-refractivity contribution is -0.316. The molecule has 0 heterocycles. The van der Waals surface area contributed by atoms with Crippen LogP contribution in [0.5, 0.6) is 0 Å². The van der Waals surface area contributed by atoms with Gasteiger partial charge in [0, 0.05) is 5.41 Å². The van der Waals surface area contributed by atoms with Crippen LogP contribution in [0.4, 0.5) is 0 Å². The summed E-state index contributed by atoms with van der Waals surface area (Å²) in [7, 11) is 0. The van der Waals surface area contributed by atoms with Crippen LogP contribution in [0.25, 0.3) is 0 Å². The van der Waals surface area contributed by atoms with Gasteiger partial charge in [0.25, 0.3) is 0 Å². The number of rotatable bonds is 4. The van der Waals surface area contributed by atoms with Crippen LogP contribution in [0.1, 0.15) is 73.6 Å². The summed E-state index contributed by atoms with van der Waals surface area (Å²) < 4.78 is 0. The number of hydrogen-bond acceptors (Lipinski definition) is 3. The van der Waals surface area contributed by atoms with Gasteiger partial charge in [0.05, 0.1) is 0 Å². The Morgan fingerprint density at radius 3 is 2.43 bits per heavy atom. The zero-order valence-corrected chi connectivity index (χ0v) is 15.8. The Kier molecular flexibility index (Phi) is 5.08. The lowest BCUT2D eigenvalue weighted by Crippen LogP contribution is -2.66. The molecular weight excluding hydrogens is 288 g/mol. The maximum absolute atomic E-state index is 10.9. The third-order valence-electron chi connectivity index (χ3n) is 7.01. The van der Waals surface area contributed by atoms with E-state index in [1.165, 1.54) is 0 Å². The molecule has 134 valence electrons. The molecule has 1 fully saturated rings. The fourth-order valence-corrected chi connectivity index (χ4v) is 5.22. The van der Waals surface area contributed by atoms with E-state index in [-0.39, 0.29) is 11.3 Å². The molecule has 1 saturated carbocycles. The first-order valence-corrected chi connectivity index (χ1v) is 9.32. The molecule has 23 heavy (non-hydrogen) atoms. The second kappa shape index (κ2) is 6.16. The molecule has 3 heteroatoms. The molecule has 2 aliphatic rings. The van der Waals surface area contributed by atoms with E-state index in [0.717, 1.165) is 31.3 Å². The minimum Gasteiger partial charge on any atom is -0.387 e. The zero-order chi connectivity index (χ0) is 17.6. The lowest BCUT2D eigenvalue weighted by atomic mass is 9.47. The minimum atomic E-state index is -2.05. The fourth-order valence-electron chi connectivity index (χ4n) is 5.22. The Morgan fingerprint density at radius 1 is 1.26 bits per heavy atom. The van der Waals surface area contributed by atoms with Crippen LogP contribution in [0, 0.1) is 28.6 Å². The summed E-state index contributed by atoms with van der Waals surface area (Å²) in [5.41, 5.74) is 0.157. The van der Waals surface area contributed by atoms with E-state index in [1.807, 2.05) is 6.92 Å². The highest BCUT2D eigenvalue weighted by Gasteiger charge is 2.64. The molecule has 0 saturated heterocycles. The monoisotopic (exact) mass is 324 g/mol. The second-order valence-corrected chi connectivity index (χ2v) is 9.06. The first kappa shape index (κ1) is 19.0. The van der Waals surface area contributed by atoms with Gasteiger partial charge in [-0.3, -0.25) is 0 Å². The molecule has 0 amide bonds. The van der Waals surface area contributed by atoms with Crippen molar-refractivity contribution in [3.63, 3.8) is 0 Å². The summed E-state index contributed by atoms with van der Waals surface area (Å²) in [5, 5.41) is 32.3. The van der Waals surface area contributed by atoms with E-state index in [9.17, 15) is 15.3 Å². The van der Waals surface area contributed by atoms with Crippen molar-refractivity contribution in [1.29, 1.82) is 0 Å². The van der Waals surface area contributed by atoms with Crippen molar-refractivity contribution in [2.75, 3.05) is 0 Å². The number of hydrogen-bond donors (Lipinski definition) is 3. The molecule has 0 aromatic rings. The van der Waals surface area contributed by atoms with Crippen LogP contribution >= 0.6 is 0 Å². The van der Waals surface area contributed by atoms with Gasteiger partial charge in [-0.05, 0) is 42.4 Å². The maximum Gasteiger partial charge on any atom is 0.199 e. The molecule has 5 atom stereocenters. The summed E-state index contributed by atoms with van der Waals surface area (Å²) >= 11 is 0. The predicted octanol–water partition coefficient (Wildman–Crippen LogP) is 3.87. The van der Waals surface area contributed by atoms with E-state index >= 15 is 0 Å². The van der Waals surface area contributed by atoms with Crippen LogP contribution in [-0.4, -0.2) is 27.2 Å². The van der Waals surface area contributed by atoms with Crippen LogP contribution in [-0.2, 0) is 0 Å². The quantitative estimate of drug-likeness (QED) is 0.543. The van der Waals surface area contributed by atoms with Gasteiger partial charge in [-0.2, -0.15) is 0 Å². The predicted molar refractivity (Wildman–Crippen MR) is 93.7 cm³/mol. The fraction of sp³-hybridized carbons (Fsp3) is 0.900. The van der Waals surface area contributed by atoms with E-state index in [2.05, 4.69) is 40.7 Å². The Labute approximate surface area is 141 Å². The van der Waals surface area contributed by atoms with Crippen LogP contribution in [0.2, 0.25) is 0 Å². The molecule has 1 unspecified atom stereocenters. The minimum absolute atomic E-state index is 0.181. The van der Waals surface area contributed by atoms with Crippen molar-refractivity contribution in [1.82, 2.24) is 0 Å². The highest BCUT2D eigenvalue weighted by atomic mass is 16.5. The first-order valence-electron chi connectivity index (χ1n) is 9.32. The molecule has 0 aromatic carbocycles. The van der Waals surface area contributed by atoms with Gasteiger partial charge < -0.3 is 15.3 Å². The van der Waals surface area contributed by atoms with Crippen molar-refractivity contribution in [2.45, 2.75) is 85.5 Å². The van der Waals surface area contributed by atoms with E-state index in [1.54, 1.807) is 0 Å². The molecule has 3 nitrogen and oxygen atoms in total. The number of aliphatic hydroxyl groups excluding tert-OH is 1. The summed E-state index contributed by atoms with van der Waals surface area (Å²) in [5.74, 6) is -0.829. The van der Waals surface area contributed by atoms with Crippen molar-refractivity contribution in [3.8, 4) is 0 Å². The van der Waals surface area contributed by atoms with Crippen molar-refractivity contribution in [2.24, 2.45) is 28.6 Å². The number of aliphatic hydroxyl groups is 3. The zero-order valence-electron chi connectivity index (χ0n) is 15.8.